The third kappa shape index (κ3) is 2.28. The Morgan fingerprint density at radius 1 is 1.05 bits per heavy atom. The van der Waals surface area contributed by atoms with E-state index in [4.69, 9.17) is 5.73 Å². The largest absolute Gasteiger partial charge is 0.319 e. The molecule has 3 heteroatoms. The fraction of sp³-hybridized carbons (Fsp3) is 0.176. The molecule has 0 aliphatic rings. The molecule has 2 N–H and O–H groups in total. The molecule has 0 bridgehead atoms. The molecule has 0 amide bonds. The highest BCUT2D eigenvalue weighted by Gasteiger charge is 2.14. The molecule has 2 aromatic heterocycles. The van der Waals surface area contributed by atoms with Crippen LogP contribution in [0.25, 0.3) is 10.9 Å². The maximum Gasteiger partial charge on any atom is 0.0729 e. The van der Waals surface area contributed by atoms with Crippen molar-refractivity contribution in [3.05, 3.63) is 71.7 Å². The maximum atomic E-state index is 6.39. The number of nitrogens with two attached hydrogens (primary N) is 1. The predicted octanol–water partition coefficient (Wildman–Crippen LogP) is 3.24. The number of hydrogen-bond acceptors (Lipinski definition) is 3. The normalized spacial score (nSPS) is 12.5. The minimum Gasteiger partial charge on any atom is -0.319 e. The number of aryl methyl sites for hydroxylation is 1. The Bertz CT molecular complexity index is 737. The fourth-order valence-corrected chi connectivity index (χ4v) is 2.46. The zero-order chi connectivity index (χ0) is 13.9. The lowest BCUT2D eigenvalue weighted by atomic mass is 9.98. The van der Waals surface area contributed by atoms with Crippen LogP contribution in [0.3, 0.4) is 0 Å². The van der Waals surface area contributed by atoms with Crippen molar-refractivity contribution in [3.8, 4) is 0 Å². The number of benzene rings is 1. The minimum absolute atomic E-state index is 0.211. The van der Waals surface area contributed by atoms with Gasteiger partial charge in [-0.25, -0.2) is 0 Å². The Balaban J connectivity index is 2.05. The predicted molar refractivity (Wildman–Crippen MR) is 81.4 cm³/mol. The van der Waals surface area contributed by atoms with Gasteiger partial charge in [0, 0.05) is 17.8 Å². The molecule has 0 saturated heterocycles. The summed E-state index contributed by atoms with van der Waals surface area (Å²) in [5, 5.41) is 1.13. The standard InChI is InChI=1S/C17H17N3/c1-2-12-5-3-10-20-17(12)16(18)14-8-7-13-6-4-9-19-15(13)11-14/h3-11,16H,2,18H2,1H3. The number of fused-ring (bicyclic) bond motifs is 1. The monoisotopic (exact) mass is 263 g/mol. The molecule has 1 unspecified atom stereocenters. The third-order valence-electron chi connectivity index (χ3n) is 3.59. The van der Waals surface area contributed by atoms with E-state index < -0.39 is 0 Å². The summed E-state index contributed by atoms with van der Waals surface area (Å²) in [5.41, 5.74) is 10.6. The van der Waals surface area contributed by atoms with Gasteiger partial charge in [-0.1, -0.05) is 31.2 Å². The van der Waals surface area contributed by atoms with Gasteiger partial charge in [-0.3, -0.25) is 9.97 Å². The lowest BCUT2D eigenvalue weighted by Gasteiger charge is -2.15. The second-order valence-electron chi connectivity index (χ2n) is 4.83. The first-order valence-electron chi connectivity index (χ1n) is 6.83. The fourth-order valence-electron chi connectivity index (χ4n) is 2.46. The average Bonchev–Trinajstić information content (AvgIpc) is 2.53. The molecule has 20 heavy (non-hydrogen) atoms. The highest BCUT2D eigenvalue weighted by atomic mass is 14.8. The molecule has 1 atom stereocenters. The SMILES string of the molecule is CCc1cccnc1C(N)c1ccc2cccnc2c1. The number of rotatable bonds is 3. The van der Waals surface area contributed by atoms with Crippen LogP contribution in [0.2, 0.25) is 0 Å². The van der Waals surface area contributed by atoms with Crippen LogP contribution in [0, 0.1) is 0 Å². The molecule has 0 saturated carbocycles. The lowest BCUT2D eigenvalue weighted by molar-refractivity contribution is 0.807. The summed E-state index contributed by atoms with van der Waals surface area (Å²) in [4.78, 5) is 8.85. The van der Waals surface area contributed by atoms with Gasteiger partial charge < -0.3 is 5.73 Å². The molecule has 0 spiro atoms. The first-order chi connectivity index (χ1) is 9.79. The van der Waals surface area contributed by atoms with E-state index in [1.54, 1.807) is 12.4 Å². The molecule has 100 valence electrons. The van der Waals surface area contributed by atoms with Crippen molar-refractivity contribution in [2.24, 2.45) is 5.73 Å². The van der Waals surface area contributed by atoms with Crippen LogP contribution < -0.4 is 5.73 Å². The van der Waals surface area contributed by atoms with Gasteiger partial charge in [0.25, 0.3) is 0 Å². The van der Waals surface area contributed by atoms with Crippen LogP contribution in [0.15, 0.2) is 54.9 Å². The second-order valence-corrected chi connectivity index (χ2v) is 4.83. The zero-order valence-electron chi connectivity index (χ0n) is 11.5. The van der Waals surface area contributed by atoms with Gasteiger partial charge in [0.1, 0.15) is 0 Å². The van der Waals surface area contributed by atoms with Gasteiger partial charge in [0.2, 0.25) is 0 Å². The molecular formula is C17H17N3. The zero-order valence-corrected chi connectivity index (χ0v) is 11.5. The third-order valence-corrected chi connectivity index (χ3v) is 3.59. The van der Waals surface area contributed by atoms with E-state index in [1.165, 1.54) is 5.56 Å². The molecule has 3 aromatic rings. The Kier molecular flexibility index (Phi) is 3.44. The molecule has 3 rings (SSSR count). The van der Waals surface area contributed by atoms with Crippen molar-refractivity contribution in [2.45, 2.75) is 19.4 Å². The van der Waals surface area contributed by atoms with Gasteiger partial charge in [-0.15, -0.1) is 0 Å². The summed E-state index contributed by atoms with van der Waals surface area (Å²) in [6.07, 6.45) is 4.53. The molecule has 0 radical (unpaired) electrons. The summed E-state index contributed by atoms with van der Waals surface area (Å²) in [6.45, 7) is 2.12. The van der Waals surface area contributed by atoms with E-state index in [0.717, 1.165) is 28.6 Å². The Morgan fingerprint density at radius 3 is 2.70 bits per heavy atom. The van der Waals surface area contributed by atoms with Crippen molar-refractivity contribution in [1.29, 1.82) is 0 Å². The molecule has 1 aromatic carbocycles. The van der Waals surface area contributed by atoms with Crippen molar-refractivity contribution in [1.82, 2.24) is 9.97 Å². The van der Waals surface area contributed by atoms with Gasteiger partial charge in [-0.2, -0.15) is 0 Å². The van der Waals surface area contributed by atoms with Crippen molar-refractivity contribution >= 4 is 10.9 Å². The van der Waals surface area contributed by atoms with Crippen LogP contribution in [-0.2, 0) is 6.42 Å². The topological polar surface area (TPSA) is 51.8 Å². The smallest absolute Gasteiger partial charge is 0.0729 e. The summed E-state index contributed by atoms with van der Waals surface area (Å²) >= 11 is 0. The van der Waals surface area contributed by atoms with E-state index in [2.05, 4.69) is 41.2 Å². The lowest BCUT2D eigenvalue weighted by Crippen LogP contribution is -2.15. The molecule has 2 heterocycles. The summed E-state index contributed by atoms with van der Waals surface area (Å²) in [7, 11) is 0. The summed E-state index contributed by atoms with van der Waals surface area (Å²) < 4.78 is 0. The number of hydrogen-bond donors (Lipinski definition) is 1. The van der Waals surface area contributed by atoms with Crippen LogP contribution >= 0.6 is 0 Å². The first kappa shape index (κ1) is 12.8. The highest BCUT2D eigenvalue weighted by Crippen LogP contribution is 2.24. The highest BCUT2D eigenvalue weighted by molar-refractivity contribution is 5.79. The minimum atomic E-state index is -0.211. The van der Waals surface area contributed by atoms with Crippen LogP contribution in [0.5, 0.6) is 0 Å². The van der Waals surface area contributed by atoms with E-state index in [9.17, 15) is 0 Å². The summed E-state index contributed by atoms with van der Waals surface area (Å²) in [6, 6.07) is 14.0. The van der Waals surface area contributed by atoms with E-state index >= 15 is 0 Å². The maximum absolute atomic E-state index is 6.39. The van der Waals surface area contributed by atoms with Gasteiger partial charge in [0.15, 0.2) is 0 Å². The molecule has 0 aliphatic carbocycles. The van der Waals surface area contributed by atoms with Gasteiger partial charge >= 0.3 is 0 Å². The van der Waals surface area contributed by atoms with E-state index in [0.29, 0.717) is 0 Å². The molecule has 3 nitrogen and oxygen atoms in total. The quantitative estimate of drug-likeness (QED) is 0.789. The Labute approximate surface area is 118 Å². The number of nitrogens with zero attached hydrogens (tertiary/aromatic N) is 2. The summed E-state index contributed by atoms with van der Waals surface area (Å²) in [5.74, 6) is 0. The van der Waals surface area contributed by atoms with Crippen molar-refractivity contribution in [3.63, 3.8) is 0 Å². The van der Waals surface area contributed by atoms with Crippen molar-refractivity contribution in [2.75, 3.05) is 0 Å². The van der Waals surface area contributed by atoms with Crippen LogP contribution in [0.1, 0.15) is 29.8 Å². The average molecular weight is 263 g/mol. The van der Waals surface area contributed by atoms with Crippen LogP contribution in [0.4, 0.5) is 0 Å². The number of aromatic nitrogens is 2. The molecule has 0 fully saturated rings. The van der Waals surface area contributed by atoms with E-state index in [1.807, 2.05) is 18.2 Å². The van der Waals surface area contributed by atoms with Crippen LogP contribution in [-0.4, -0.2) is 9.97 Å². The molecule has 0 aliphatic heterocycles. The first-order valence-corrected chi connectivity index (χ1v) is 6.83. The van der Waals surface area contributed by atoms with Gasteiger partial charge in [-0.05, 0) is 35.7 Å². The van der Waals surface area contributed by atoms with Crippen molar-refractivity contribution < 1.29 is 0 Å². The Hall–Kier alpha value is -2.26. The number of pyridine rings is 2. The second kappa shape index (κ2) is 5.39. The van der Waals surface area contributed by atoms with E-state index in [-0.39, 0.29) is 6.04 Å². The molecular weight excluding hydrogens is 246 g/mol. The van der Waals surface area contributed by atoms with Gasteiger partial charge in [0.05, 0.1) is 17.3 Å². The Morgan fingerprint density at radius 2 is 1.85 bits per heavy atom.